The average molecular weight is 397 g/mol. The van der Waals surface area contributed by atoms with Crippen LogP contribution in [0.15, 0.2) is 40.9 Å². The molecule has 2 aromatic rings. The van der Waals surface area contributed by atoms with Crippen LogP contribution in [-0.2, 0) is 17.8 Å². The average Bonchev–Trinajstić information content (AvgIpc) is 2.55. The molecule has 0 saturated heterocycles. The number of ether oxygens (including phenoxy) is 2. The zero-order valence-electron chi connectivity index (χ0n) is 12.3. The van der Waals surface area contributed by atoms with E-state index in [1.54, 1.807) is 12.1 Å². The van der Waals surface area contributed by atoms with E-state index in [-0.39, 0.29) is 12.3 Å². The van der Waals surface area contributed by atoms with Crippen LogP contribution >= 0.6 is 27.5 Å². The van der Waals surface area contributed by atoms with Gasteiger partial charge in [-0.2, -0.15) is 0 Å². The van der Waals surface area contributed by atoms with Crippen LogP contribution in [0.2, 0.25) is 5.02 Å². The van der Waals surface area contributed by atoms with Crippen LogP contribution in [0.5, 0.6) is 11.5 Å². The lowest BCUT2D eigenvalue weighted by Crippen LogP contribution is -2.25. The first-order chi connectivity index (χ1) is 11.1. The summed E-state index contributed by atoms with van der Waals surface area (Å²) >= 11 is 9.32. The third-order valence-electron chi connectivity index (χ3n) is 3.47. The quantitative estimate of drug-likeness (QED) is 0.856. The minimum absolute atomic E-state index is 0.0580. The number of amides is 1. The molecule has 0 spiro atoms. The lowest BCUT2D eigenvalue weighted by molar-refractivity contribution is -0.120. The summed E-state index contributed by atoms with van der Waals surface area (Å²) in [5.74, 6) is 1.32. The van der Waals surface area contributed by atoms with Gasteiger partial charge >= 0.3 is 0 Å². The second kappa shape index (κ2) is 7.23. The molecule has 120 valence electrons. The van der Waals surface area contributed by atoms with E-state index in [0.717, 1.165) is 15.6 Å². The van der Waals surface area contributed by atoms with E-state index >= 15 is 0 Å². The smallest absolute Gasteiger partial charge is 0.224 e. The van der Waals surface area contributed by atoms with Crippen LogP contribution in [0.25, 0.3) is 0 Å². The van der Waals surface area contributed by atoms with Gasteiger partial charge in [0.1, 0.15) is 13.2 Å². The molecule has 0 saturated carbocycles. The van der Waals surface area contributed by atoms with Gasteiger partial charge in [-0.1, -0.05) is 39.7 Å². The van der Waals surface area contributed by atoms with Gasteiger partial charge in [-0.05, 0) is 35.4 Å². The number of fused-ring (bicyclic) bond motifs is 1. The molecule has 1 heterocycles. The van der Waals surface area contributed by atoms with Crippen LogP contribution in [-0.4, -0.2) is 19.1 Å². The van der Waals surface area contributed by atoms with Crippen molar-refractivity contribution in [3.63, 3.8) is 0 Å². The first-order valence-corrected chi connectivity index (χ1v) is 8.38. The van der Waals surface area contributed by atoms with Crippen molar-refractivity contribution in [3.8, 4) is 11.5 Å². The number of hydrogen-bond donors (Lipinski definition) is 1. The molecular formula is C17H15BrClNO3. The number of carbonyl (C=O) groups excluding carboxylic acids is 1. The van der Waals surface area contributed by atoms with Gasteiger partial charge in [0.15, 0.2) is 11.5 Å². The van der Waals surface area contributed by atoms with Gasteiger partial charge < -0.3 is 14.8 Å². The van der Waals surface area contributed by atoms with E-state index in [1.807, 2.05) is 24.3 Å². The first-order valence-electron chi connectivity index (χ1n) is 7.21. The summed E-state index contributed by atoms with van der Waals surface area (Å²) in [7, 11) is 0. The SMILES string of the molecule is O=C(Cc1cc2c(cc1Br)OCCO2)NCc1ccc(Cl)cc1. The molecule has 0 aliphatic carbocycles. The molecule has 0 aromatic heterocycles. The van der Waals surface area contributed by atoms with E-state index in [0.29, 0.717) is 36.3 Å². The predicted octanol–water partition coefficient (Wildman–Crippen LogP) is 3.73. The molecule has 1 aliphatic rings. The van der Waals surface area contributed by atoms with Crippen molar-refractivity contribution in [1.82, 2.24) is 5.32 Å². The Labute approximate surface area is 147 Å². The monoisotopic (exact) mass is 395 g/mol. The molecule has 0 fully saturated rings. The highest BCUT2D eigenvalue weighted by atomic mass is 79.9. The van der Waals surface area contributed by atoms with E-state index in [2.05, 4.69) is 21.2 Å². The van der Waals surface area contributed by atoms with Gasteiger partial charge in [-0.3, -0.25) is 4.79 Å². The van der Waals surface area contributed by atoms with Crippen molar-refractivity contribution >= 4 is 33.4 Å². The van der Waals surface area contributed by atoms with Gasteiger partial charge in [0.25, 0.3) is 0 Å². The summed E-state index contributed by atoms with van der Waals surface area (Å²) in [6.45, 7) is 1.54. The summed E-state index contributed by atoms with van der Waals surface area (Å²) < 4.78 is 11.9. The van der Waals surface area contributed by atoms with Crippen LogP contribution in [0, 0.1) is 0 Å². The highest BCUT2D eigenvalue weighted by Gasteiger charge is 2.16. The van der Waals surface area contributed by atoms with Crippen molar-refractivity contribution in [2.45, 2.75) is 13.0 Å². The molecule has 6 heteroatoms. The molecule has 0 atom stereocenters. The third kappa shape index (κ3) is 4.18. The molecule has 0 unspecified atom stereocenters. The molecule has 0 radical (unpaired) electrons. The molecule has 2 aromatic carbocycles. The van der Waals surface area contributed by atoms with E-state index in [9.17, 15) is 4.79 Å². The largest absolute Gasteiger partial charge is 0.486 e. The fourth-order valence-electron chi connectivity index (χ4n) is 2.28. The Morgan fingerprint density at radius 3 is 2.48 bits per heavy atom. The van der Waals surface area contributed by atoms with Gasteiger partial charge in [0.05, 0.1) is 6.42 Å². The normalized spacial score (nSPS) is 12.8. The maximum Gasteiger partial charge on any atom is 0.224 e. The van der Waals surface area contributed by atoms with E-state index < -0.39 is 0 Å². The summed E-state index contributed by atoms with van der Waals surface area (Å²) in [5, 5.41) is 3.58. The number of benzene rings is 2. The second-order valence-corrected chi connectivity index (χ2v) is 6.46. The summed E-state index contributed by atoms with van der Waals surface area (Å²) in [6.07, 6.45) is 0.269. The van der Waals surface area contributed by atoms with Crippen molar-refractivity contribution in [3.05, 3.63) is 57.0 Å². The summed E-state index contributed by atoms with van der Waals surface area (Å²) in [6, 6.07) is 11.1. The lowest BCUT2D eigenvalue weighted by Gasteiger charge is -2.19. The van der Waals surface area contributed by atoms with E-state index in [1.165, 1.54) is 0 Å². The maximum absolute atomic E-state index is 12.1. The molecule has 23 heavy (non-hydrogen) atoms. The number of nitrogens with one attached hydrogen (secondary N) is 1. The zero-order chi connectivity index (χ0) is 16.2. The highest BCUT2D eigenvalue weighted by Crippen LogP contribution is 2.35. The standard InChI is InChI=1S/C17H15BrClNO3/c18-14-9-16-15(22-5-6-23-16)7-12(14)8-17(21)20-10-11-1-3-13(19)4-2-11/h1-4,7,9H,5-6,8,10H2,(H,20,21). The number of carbonyl (C=O) groups is 1. The fourth-order valence-corrected chi connectivity index (χ4v) is 2.87. The van der Waals surface area contributed by atoms with Crippen LogP contribution < -0.4 is 14.8 Å². The number of halogens is 2. The van der Waals surface area contributed by atoms with Gasteiger partial charge in [-0.15, -0.1) is 0 Å². The lowest BCUT2D eigenvalue weighted by atomic mass is 10.1. The number of rotatable bonds is 4. The summed E-state index contributed by atoms with van der Waals surface area (Å²) in [4.78, 5) is 12.1. The molecular weight excluding hydrogens is 382 g/mol. The second-order valence-electron chi connectivity index (χ2n) is 5.17. The Morgan fingerprint density at radius 2 is 1.78 bits per heavy atom. The molecule has 0 bridgehead atoms. The molecule has 1 N–H and O–H groups in total. The Balaban J connectivity index is 1.62. The number of hydrogen-bond acceptors (Lipinski definition) is 3. The Hall–Kier alpha value is -1.72. The molecule has 4 nitrogen and oxygen atoms in total. The Kier molecular flexibility index (Phi) is 5.08. The highest BCUT2D eigenvalue weighted by molar-refractivity contribution is 9.10. The topological polar surface area (TPSA) is 47.6 Å². The minimum atomic E-state index is -0.0580. The molecule has 1 aliphatic heterocycles. The van der Waals surface area contributed by atoms with Gasteiger partial charge in [-0.25, -0.2) is 0 Å². The van der Waals surface area contributed by atoms with Crippen LogP contribution in [0.1, 0.15) is 11.1 Å². The Morgan fingerprint density at radius 1 is 1.13 bits per heavy atom. The zero-order valence-corrected chi connectivity index (χ0v) is 14.6. The maximum atomic E-state index is 12.1. The molecule has 3 rings (SSSR count). The van der Waals surface area contributed by atoms with Crippen molar-refractivity contribution in [1.29, 1.82) is 0 Å². The summed E-state index contributed by atoms with van der Waals surface area (Å²) in [5.41, 5.74) is 1.87. The van der Waals surface area contributed by atoms with Gasteiger partial charge in [0, 0.05) is 16.0 Å². The fraction of sp³-hybridized carbons (Fsp3) is 0.235. The van der Waals surface area contributed by atoms with Gasteiger partial charge in [0.2, 0.25) is 5.91 Å². The van der Waals surface area contributed by atoms with Crippen molar-refractivity contribution in [2.24, 2.45) is 0 Å². The van der Waals surface area contributed by atoms with E-state index in [4.69, 9.17) is 21.1 Å². The third-order valence-corrected chi connectivity index (χ3v) is 4.46. The van der Waals surface area contributed by atoms with Crippen molar-refractivity contribution < 1.29 is 14.3 Å². The first kappa shape index (κ1) is 16.1. The van der Waals surface area contributed by atoms with Crippen molar-refractivity contribution in [2.75, 3.05) is 13.2 Å². The molecule has 1 amide bonds. The predicted molar refractivity (Wildman–Crippen MR) is 92.1 cm³/mol. The minimum Gasteiger partial charge on any atom is -0.486 e. The Bertz CT molecular complexity index is 719. The van der Waals surface area contributed by atoms with Crippen LogP contribution in [0.3, 0.4) is 0 Å². The van der Waals surface area contributed by atoms with Crippen LogP contribution in [0.4, 0.5) is 0 Å².